The van der Waals surface area contributed by atoms with Crippen LogP contribution in [0.3, 0.4) is 0 Å². The molecule has 5 aliphatic rings. The maximum absolute atomic E-state index is 12.9. The standard InChI is InChI=1S/C30H46O3/c1-18(17-22(31)25-27(4,5)33-25)19-11-15-30(8)21-9-10-23-26(2,3)24(32)13-14-28(23,6)20(21)12-16-29(19,30)7/h9,18-20,23,25H,10-17H2,1-8H3/t18-,19-,20-,23-,25-,28+,29-,30+/m0/s1. The highest BCUT2D eigenvalue weighted by Gasteiger charge is 2.65. The van der Waals surface area contributed by atoms with Gasteiger partial charge < -0.3 is 4.74 Å². The van der Waals surface area contributed by atoms with Gasteiger partial charge in [-0.2, -0.15) is 0 Å². The summed E-state index contributed by atoms with van der Waals surface area (Å²) in [4.78, 5) is 25.7. The third-order valence-electron chi connectivity index (χ3n) is 12.1. The van der Waals surface area contributed by atoms with Crippen LogP contribution in [-0.4, -0.2) is 23.3 Å². The topological polar surface area (TPSA) is 46.7 Å². The minimum Gasteiger partial charge on any atom is -0.358 e. The predicted molar refractivity (Wildman–Crippen MR) is 132 cm³/mol. The Balaban J connectivity index is 1.41. The summed E-state index contributed by atoms with van der Waals surface area (Å²) in [5.74, 6) is 2.84. The summed E-state index contributed by atoms with van der Waals surface area (Å²) in [6.45, 7) is 18.4. The van der Waals surface area contributed by atoms with Crippen LogP contribution in [0.4, 0.5) is 0 Å². The molecule has 33 heavy (non-hydrogen) atoms. The number of carbonyl (C=O) groups is 2. The van der Waals surface area contributed by atoms with Crippen molar-refractivity contribution >= 4 is 11.6 Å². The molecule has 0 aromatic heterocycles. The molecule has 1 aliphatic heterocycles. The lowest BCUT2D eigenvalue weighted by Gasteiger charge is -2.63. The lowest BCUT2D eigenvalue weighted by Crippen LogP contribution is -2.57. The highest BCUT2D eigenvalue weighted by molar-refractivity contribution is 5.87. The lowest BCUT2D eigenvalue weighted by atomic mass is 9.41. The second kappa shape index (κ2) is 7.05. The average Bonchev–Trinajstić information content (AvgIpc) is 3.26. The minimum absolute atomic E-state index is 0.188. The van der Waals surface area contributed by atoms with Crippen LogP contribution < -0.4 is 0 Å². The van der Waals surface area contributed by atoms with Crippen LogP contribution in [0.25, 0.3) is 0 Å². The van der Waals surface area contributed by atoms with Gasteiger partial charge in [-0.15, -0.1) is 0 Å². The Hall–Kier alpha value is -0.960. The number of carbonyl (C=O) groups excluding carboxylic acids is 2. The minimum atomic E-state index is -0.253. The first-order valence-corrected chi connectivity index (χ1v) is 13.6. The van der Waals surface area contributed by atoms with Crippen LogP contribution in [0, 0.1) is 45.3 Å². The number of Topliss-reactive ketones (excluding diaryl/α,β-unsaturated/α-hetero) is 2. The van der Waals surface area contributed by atoms with Crippen molar-refractivity contribution in [2.45, 2.75) is 118 Å². The number of allylic oxidation sites excluding steroid dienone is 2. The Morgan fingerprint density at radius 1 is 1.06 bits per heavy atom. The molecule has 0 spiro atoms. The number of rotatable bonds is 4. The van der Waals surface area contributed by atoms with Crippen molar-refractivity contribution in [3.63, 3.8) is 0 Å². The smallest absolute Gasteiger partial charge is 0.164 e. The molecule has 0 N–H and O–H groups in total. The Labute approximate surface area is 201 Å². The Morgan fingerprint density at radius 3 is 2.36 bits per heavy atom. The number of hydrogen-bond donors (Lipinski definition) is 0. The van der Waals surface area contributed by atoms with Gasteiger partial charge in [0.1, 0.15) is 11.9 Å². The molecule has 3 nitrogen and oxygen atoms in total. The van der Waals surface area contributed by atoms with Crippen molar-refractivity contribution < 1.29 is 14.3 Å². The lowest BCUT2D eigenvalue weighted by molar-refractivity contribution is -0.146. The third kappa shape index (κ3) is 3.09. The Morgan fingerprint density at radius 2 is 1.73 bits per heavy atom. The highest BCUT2D eigenvalue weighted by Crippen LogP contribution is 2.73. The van der Waals surface area contributed by atoms with E-state index in [1.165, 1.54) is 25.7 Å². The summed E-state index contributed by atoms with van der Waals surface area (Å²) in [6, 6.07) is 0. The van der Waals surface area contributed by atoms with E-state index in [9.17, 15) is 9.59 Å². The van der Waals surface area contributed by atoms with Gasteiger partial charge in [0.15, 0.2) is 5.78 Å². The maximum Gasteiger partial charge on any atom is 0.164 e. The summed E-state index contributed by atoms with van der Waals surface area (Å²) >= 11 is 0. The largest absolute Gasteiger partial charge is 0.358 e. The maximum atomic E-state index is 12.9. The van der Waals surface area contributed by atoms with Crippen LogP contribution in [-0.2, 0) is 14.3 Å². The number of hydrogen-bond acceptors (Lipinski definition) is 3. The van der Waals surface area contributed by atoms with Crippen LogP contribution >= 0.6 is 0 Å². The average molecular weight is 455 g/mol. The van der Waals surface area contributed by atoms with E-state index in [0.29, 0.717) is 41.7 Å². The molecule has 0 unspecified atom stereocenters. The van der Waals surface area contributed by atoms with Crippen LogP contribution in [0.2, 0.25) is 0 Å². The fourth-order valence-corrected chi connectivity index (χ4v) is 9.76. The molecule has 8 atom stereocenters. The molecule has 1 heterocycles. The van der Waals surface area contributed by atoms with Crippen LogP contribution in [0.1, 0.15) is 107 Å². The number of fused-ring (bicyclic) bond motifs is 5. The van der Waals surface area contributed by atoms with Crippen molar-refractivity contribution in [3.05, 3.63) is 11.6 Å². The van der Waals surface area contributed by atoms with E-state index in [2.05, 4.69) is 47.6 Å². The van der Waals surface area contributed by atoms with Crippen LogP contribution in [0.5, 0.6) is 0 Å². The van der Waals surface area contributed by atoms with Crippen molar-refractivity contribution in [1.29, 1.82) is 0 Å². The van der Waals surface area contributed by atoms with Gasteiger partial charge >= 0.3 is 0 Å². The second-order valence-corrected chi connectivity index (χ2v) is 14.3. The zero-order valence-electron chi connectivity index (χ0n) is 22.3. The van der Waals surface area contributed by atoms with E-state index in [1.807, 2.05) is 13.8 Å². The molecular weight excluding hydrogens is 408 g/mol. The third-order valence-corrected chi connectivity index (χ3v) is 12.1. The van der Waals surface area contributed by atoms with Gasteiger partial charge in [0, 0.05) is 18.3 Å². The second-order valence-electron chi connectivity index (χ2n) is 14.3. The number of ether oxygens (including phenoxy) is 1. The van der Waals surface area contributed by atoms with Gasteiger partial charge in [-0.05, 0) is 92.3 Å². The first-order chi connectivity index (χ1) is 15.2. The van der Waals surface area contributed by atoms with E-state index in [1.54, 1.807) is 5.57 Å². The van der Waals surface area contributed by atoms with Gasteiger partial charge in [0.2, 0.25) is 0 Å². The predicted octanol–water partition coefficient (Wildman–Crippen LogP) is 6.93. The first-order valence-electron chi connectivity index (χ1n) is 13.6. The summed E-state index contributed by atoms with van der Waals surface area (Å²) in [7, 11) is 0. The zero-order valence-corrected chi connectivity index (χ0v) is 22.3. The normalized spacial score (nSPS) is 48.2. The highest BCUT2D eigenvalue weighted by atomic mass is 16.6. The molecule has 0 amide bonds. The van der Waals surface area contributed by atoms with Gasteiger partial charge in [-0.3, -0.25) is 9.59 Å². The van der Waals surface area contributed by atoms with Gasteiger partial charge in [0.25, 0.3) is 0 Å². The molecule has 0 radical (unpaired) electrons. The van der Waals surface area contributed by atoms with Crippen molar-refractivity contribution in [2.24, 2.45) is 45.3 Å². The van der Waals surface area contributed by atoms with Crippen LogP contribution in [0.15, 0.2) is 11.6 Å². The molecule has 4 fully saturated rings. The number of ketones is 2. The molecule has 4 aliphatic carbocycles. The molecule has 5 rings (SSSR count). The summed E-state index contributed by atoms with van der Waals surface area (Å²) in [6.07, 6.45) is 10.9. The monoisotopic (exact) mass is 454 g/mol. The fraction of sp³-hybridized carbons (Fsp3) is 0.867. The molecule has 184 valence electrons. The van der Waals surface area contributed by atoms with Crippen molar-refractivity contribution in [1.82, 2.24) is 0 Å². The number of epoxide rings is 1. The molecule has 0 aromatic rings. The summed E-state index contributed by atoms with van der Waals surface area (Å²) in [5.41, 5.74) is 1.96. The quantitative estimate of drug-likeness (QED) is 0.342. The summed E-state index contributed by atoms with van der Waals surface area (Å²) in [5, 5.41) is 0. The molecular formula is C30H46O3. The SMILES string of the molecule is C[C@@H](CC(=O)[C@@H]1OC1(C)C)[C@@H]1CC[C@]2(C)C3=CC[C@H]4C(C)(C)C(=O)CC[C@]4(C)[C@H]3CC[C@@]12C. The summed E-state index contributed by atoms with van der Waals surface area (Å²) < 4.78 is 5.66. The molecule has 0 aromatic carbocycles. The Kier molecular flexibility index (Phi) is 5.08. The molecule has 1 saturated heterocycles. The molecule has 3 saturated carbocycles. The van der Waals surface area contributed by atoms with Gasteiger partial charge in [-0.1, -0.05) is 53.2 Å². The van der Waals surface area contributed by atoms with E-state index in [4.69, 9.17) is 4.74 Å². The molecule has 3 heteroatoms. The zero-order chi connectivity index (χ0) is 24.2. The van der Waals surface area contributed by atoms with E-state index in [0.717, 1.165) is 19.3 Å². The first kappa shape index (κ1) is 23.8. The van der Waals surface area contributed by atoms with E-state index in [-0.39, 0.29) is 33.4 Å². The molecule has 0 bridgehead atoms. The van der Waals surface area contributed by atoms with E-state index >= 15 is 0 Å². The van der Waals surface area contributed by atoms with E-state index < -0.39 is 0 Å². The van der Waals surface area contributed by atoms with Crippen molar-refractivity contribution in [2.75, 3.05) is 0 Å². The van der Waals surface area contributed by atoms with Gasteiger partial charge in [-0.25, -0.2) is 0 Å². The van der Waals surface area contributed by atoms with Gasteiger partial charge in [0.05, 0.1) is 5.60 Å². The fourth-order valence-electron chi connectivity index (χ4n) is 9.76. The van der Waals surface area contributed by atoms with Crippen molar-refractivity contribution in [3.8, 4) is 0 Å². The Bertz CT molecular complexity index is 912.